The van der Waals surface area contributed by atoms with Crippen LogP contribution in [0.25, 0.3) is 0 Å². The minimum atomic E-state index is -2.37. The zero-order valence-electron chi connectivity index (χ0n) is 11.1. The molecule has 0 bridgehead atoms. The van der Waals surface area contributed by atoms with Crippen molar-refractivity contribution in [2.75, 3.05) is 0 Å². The van der Waals surface area contributed by atoms with Gasteiger partial charge in [0.05, 0.1) is 6.21 Å². The van der Waals surface area contributed by atoms with Crippen LogP contribution in [0.1, 0.15) is 15.9 Å². The fraction of sp³-hybridized carbons (Fsp3) is 0. The van der Waals surface area contributed by atoms with E-state index in [-0.39, 0.29) is 11.3 Å². The molecule has 2 aromatic carbocycles. The van der Waals surface area contributed by atoms with Gasteiger partial charge in [-0.2, -0.15) is 5.10 Å². The van der Waals surface area contributed by atoms with Gasteiger partial charge < -0.3 is 5.11 Å². The van der Waals surface area contributed by atoms with E-state index in [0.717, 1.165) is 6.21 Å². The standard InChI is InChI=1S/C14H7F5N2O2/c15-9-8(10(16)12(18)13(19)11(9)17)14(23)21-20-5-6-3-1-2-4-7(6)22/h1-5,22H,(H,21,23)/b20-5+. The first-order valence-electron chi connectivity index (χ1n) is 5.97. The molecule has 2 N–H and O–H groups in total. The molecule has 0 unspecified atom stereocenters. The zero-order chi connectivity index (χ0) is 17.1. The Bertz CT molecular complexity index is 779. The Morgan fingerprint density at radius 2 is 1.48 bits per heavy atom. The van der Waals surface area contributed by atoms with Crippen molar-refractivity contribution in [2.45, 2.75) is 0 Å². The van der Waals surface area contributed by atoms with Crippen molar-refractivity contribution in [1.29, 1.82) is 0 Å². The van der Waals surface area contributed by atoms with Crippen LogP contribution in [0.15, 0.2) is 29.4 Å². The number of phenolic OH excluding ortho intramolecular Hbond substituents is 1. The summed E-state index contributed by atoms with van der Waals surface area (Å²) < 4.78 is 65.6. The molecule has 0 aliphatic rings. The van der Waals surface area contributed by atoms with Crippen LogP contribution in [0.2, 0.25) is 0 Å². The summed E-state index contributed by atoms with van der Waals surface area (Å²) in [5.74, 6) is -13.2. The van der Waals surface area contributed by atoms with E-state index in [1.807, 2.05) is 0 Å². The summed E-state index contributed by atoms with van der Waals surface area (Å²) in [5.41, 5.74) is 0.115. The van der Waals surface area contributed by atoms with Gasteiger partial charge in [-0.3, -0.25) is 4.79 Å². The number of nitrogens with zero attached hydrogens (tertiary/aromatic N) is 1. The van der Waals surface area contributed by atoms with Crippen molar-refractivity contribution in [3.8, 4) is 5.75 Å². The van der Waals surface area contributed by atoms with Crippen LogP contribution in [0.3, 0.4) is 0 Å². The van der Waals surface area contributed by atoms with E-state index in [2.05, 4.69) is 5.10 Å². The third-order valence-corrected chi connectivity index (χ3v) is 2.74. The van der Waals surface area contributed by atoms with E-state index < -0.39 is 40.6 Å². The van der Waals surface area contributed by atoms with Gasteiger partial charge in [-0.1, -0.05) is 12.1 Å². The number of hydrazone groups is 1. The SMILES string of the molecule is O=C(N/N=C/c1ccccc1O)c1c(F)c(F)c(F)c(F)c1F. The Morgan fingerprint density at radius 1 is 0.957 bits per heavy atom. The van der Waals surface area contributed by atoms with Gasteiger partial charge in [0.15, 0.2) is 23.3 Å². The summed E-state index contributed by atoms with van der Waals surface area (Å²) in [4.78, 5) is 11.6. The number of phenols is 1. The molecule has 0 radical (unpaired) electrons. The number of halogens is 5. The van der Waals surface area contributed by atoms with Crippen molar-refractivity contribution in [1.82, 2.24) is 5.43 Å². The fourth-order valence-corrected chi connectivity index (χ4v) is 1.62. The highest BCUT2D eigenvalue weighted by molar-refractivity contribution is 5.95. The average Bonchev–Trinajstić information content (AvgIpc) is 2.53. The number of hydrogen-bond acceptors (Lipinski definition) is 3. The molecule has 120 valence electrons. The molecule has 0 fully saturated rings. The number of benzene rings is 2. The monoisotopic (exact) mass is 330 g/mol. The van der Waals surface area contributed by atoms with Crippen LogP contribution in [0.4, 0.5) is 22.0 Å². The quantitative estimate of drug-likeness (QED) is 0.299. The van der Waals surface area contributed by atoms with E-state index in [1.54, 1.807) is 5.43 Å². The molecule has 2 aromatic rings. The number of amides is 1. The highest BCUT2D eigenvalue weighted by atomic mass is 19.2. The van der Waals surface area contributed by atoms with Crippen molar-refractivity contribution in [3.63, 3.8) is 0 Å². The maximum absolute atomic E-state index is 13.4. The Labute approximate surface area is 125 Å². The van der Waals surface area contributed by atoms with E-state index >= 15 is 0 Å². The molecule has 0 heterocycles. The second-order valence-corrected chi connectivity index (χ2v) is 4.20. The number of carbonyl (C=O) groups excluding carboxylic acids is 1. The molecule has 0 atom stereocenters. The second-order valence-electron chi connectivity index (χ2n) is 4.20. The van der Waals surface area contributed by atoms with Gasteiger partial charge in [0.25, 0.3) is 5.91 Å². The second kappa shape index (κ2) is 6.42. The number of carbonyl (C=O) groups is 1. The van der Waals surface area contributed by atoms with Gasteiger partial charge >= 0.3 is 0 Å². The van der Waals surface area contributed by atoms with E-state index in [9.17, 15) is 31.9 Å². The first kappa shape index (κ1) is 16.4. The van der Waals surface area contributed by atoms with Gasteiger partial charge in [-0.05, 0) is 12.1 Å². The normalized spacial score (nSPS) is 11.0. The van der Waals surface area contributed by atoms with Crippen LogP contribution in [0.5, 0.6) is 5.75 Å². The highest BCUT2D eigenvalue weighted by Gasteiger charge is 2.29. The molecule has 9 heteroatoms. The van der Waals surface area contributed by atoms with Crippen LogP contribution < -0.4 is 5.43 Å². The van der Waals surface area contributed by atoms with Crippen LogP contribution in [-0.4, -0.2) is 17.2 Å². The lowest BCUT2D eigenvalue weighted by atomic mass is 10.1. The van der Waals surface area contributed by atoms with Crippen LogP contribution in [-0.2, 0) is 0 Å². The van der Waals surface area contributed by atoms with Gasteiger partial charge in [0.2, 0.25) is 5.82 Å². The summed E-state index contributed by atoms with van der Waals surface area (Å²) in [6, 6.07) is 5.77. The number of hydrogen-bond donors (Lipinski definition) is 2. The van der Waals surface area contributed by atoms with Crippen molar-refractivity contribution in [3.05, 3.63) is 64.5 Å². The molecule has 0 aliphatic carbocycles. The lowest BCUT2D eigenvalue weighted by Crippen LogP contribution is -2.23. The molecule has 2 rings (SSSR count). The lowest BCUT2D eigenvalue weighted by molar-refractivity contribution is 0.0943. The summed E-state index contributed by atoms with van der Waals surface area (Å²) >= 11 is 0. The van der Waals surface area contributed by atoms with Gasteiger partial charge in [-0.15, -0.1) is 0 Å². The molecule has 0 aromatic heterocycles. The molecule has 0 aliphatic heterocycles. The summed E-state index contributed by atoms with van der Waals surface area (Å²) in [6.07, 6.45) is 0.930. The van der Waals surface area contributed by atoms with E-state index in [1.165, 1.54) is 24.3 Å². The van der Waals surface area contributed by atoms with Crippen molar-refractivity contribution < 1.29 is 31.9 Å². The Hall–Kier alpha value is -2.97. The van der Waals surface area contributed by atoms with E-state index in [0.29, 0.717) is 0 Å². The summed E-state index contributed by atoms with van der Waals surface area (Å²) in [6.45, 7) is 0. The number of aromatic hydroxyl groups is 1. The van der Waals surface area contributed by atoms with Crippen molar-refractivity contribution >= 4 is 12.1 Å². The molecule has 4 nitrogen and oxygen atoms in total. The third-order valence-electron chi connectivity index (χ3n) is 2.74. The minimum Gasteiger partial charge on any atom is -0.507 e. The number of para-hydroxylation sites is 1. The lowest BCUT2D eigenvalue weighted by Gasteiger charge is -2.06. The predicted octanol–water partition coefficient (Wildman–Crippen LogP) is 2.85. The highest BCUT2D eigenvalue weighted by Crippen LogP contribution is 2.22. The summed E-state index contributed by atoms with van der Waals surface area (Å²) in [7, 11) is 0. The molecule has 0 saturated heterocycles. The Balaban J connectivity index is 2.27. The smallest absolute Gasteiger partial charge is 0.277 e. The molecule has 1 amide bonds. The maximum atomic E-state index is 13.4. The van der Waals surface area contributed by atoms with E-state index in [4.69, 9.17) is 0 Å². The third kappa shape index (κ3) is 3.12. The fourth-order valence-electron chi connectivity index (χ4n) is 1.62. The molecular formula is C14H7F5N2O2. The Morgan fingerprint density at radius 3 is 2.04 bits per heavy atom. The van der Waals surface area contributed by atoms with Gasteiger partial charge in [-0.25, -0.2) is 27.4 Å². The van der Waals surface area contributed by atoms with Crippen LogP contribution in [0, 0.1) is 29.1 Å². The largest absolute Gasteiger partial charge is 0.507 e. The predicted molar refractivity (Wildman–Crippen MR) is 69.4 cm³/mol. The molecular weight excluding hydrogens is 323 g/mol. The first-order chi connectivity index (χ1) is 10.8. The van der Waals surface area contributed by atoms with Crippen LogP contribution >= 0.6 is 0 Å². The number of rotatable bonds is 3. The average molecular weight is 330 g/mol. The zero-order valence-corrected chi connectivity index (χ0v) is 11.1. The minimum absolute atomic E-state index is 0.158. The van der Waals surface area contributed by atoms with Gasteiger partial charge in [0, 0.05) is 5.56 Å². The number of nitrogens with one attached hydrogen (secondary N) is 1. The maximum Gasteiger partial charge on any atom is 0.277 e. The summed E-state index contributed by atoms with van der Waals surface area (Å²) in [5, 5.41) is 12.7. The first-order valence-corrected chi connectivity index (χ1v) is 5.97. The molecule has 0 saturated carbocycles. The van der Waals surface area contributed by atoms with Crippen molar-refractivity contribution in [2.24, 2.45) is 5.10 Å². The topological polar surface area (TPSA) is 61.7 Å². The molecule has 23 heavy (non-hydrogen) atoms. The van der Waals surface area contributed by atoms with Gasteiger partial charge in [0.1, 0.15) is 11.3 Å². The Kier molecular flexibility index (Phi) is 4.58. The molecule has 0 spiro atoms.